The molecule has 0 bridgehead atoms. The van der Waals surface area contributed by atoms with Crippen molar-refractivity contribution >= 4 is 29.3 Å². The zero-order valence-corrected chi connectivity index (χ0v) is 34.1. The number of amides is 1. The molecule has 53 heavy (non-hydrogen) atoms. The van der Waals surface area contributed by atoms with Crippen molar-refractivity contribution in [1.82, 2.24) is 9.80 Å². The van der Waals surface area contributed by atoms with Crippen molar-refractivity contribution in [3.05, 3.63) is 69.3 Å². The van der Waals surface area contributed by atoms with Gasteiger partial charge >= 0.3 is 5.97 Å². The molecule has 0 radical (unpaired) electrons. The third kappa shape index (κ3) is 6.50. The van der Waals surface area contributed by atoms with E-state index in [-0.39, 0.29) is 40.3 Å². The van der Waals surface area contributed by atoms with Crippen LogP contribution in [-0.2, 0) is 20.9 Å². The van der Waals surface area contributed by atoms with E-state index in [0.29, 0.717) is 54.6 Å². The predicted octanol–water partition coefficient (Wildman–Crippen LogP) is 9.78. The van der Waals surface area contributed by atoms with Gasteiger partial charge in [0, 0.05) is 31.1 Å². The molecule has 1 aromatic rings. The number of carboxylic acids is 1. The first-order chi connectivity index (χ1) is 25.1. The van der Waals surface area contributed by atoms with Crippen LogP contribution in [0.4, 0.5) is 0 Å². The standard InChI is InChI=1S/C46H63ClN2O4/c1-28(2)40-38(50)26-46(43(53)49(25-24-48(6)7)27-30-8-14-33(47)15-9-30)23-20-37-35(41(40)46)16-17-39-44(4)21-18-34(29(3)36(44)19-22-45(37,39)5)31-10-12-32(13-11-31)42(51)52/h8-10,14-15,18,28-29,32,35-37,39H,11-13,16-17,19-27H2,1-7H3,(H,51,52). The van der Waals surface area contributed by atoms with Crippen LogP contribution in [0.1, 0.15) is 111 Å². The monoisotopic (exact) mass is 742 g/mol. The molecule has 288 valence electrons. The maximum absolute atomic E-state index is 15.3. The summed E-state index contributed by atoms with van der Waals surface area (Å²) >= 11 is 6.25. The van der Waals surface area contributed by atoms with Crippen LogP contribution in [0.15, 0.2) is 58.7 Å². The number of fused-ring (bicyclic) bond motifs is 7. The molecule has 0 spiro atoms. The molecule has 6 aliphatic carbocycles. The van der Waals surface area contributed by atoms with Crippen molar-refractivity contribution in [2.24, 2.45) is 57.7 Å². The van der Waals surface area contributed by atoms with Gasteiger partial charge in [0.1, 0.15) is 0 Å². The van der Waals surface area contributed by atoms with Gasteiger partial charge in [0.05, 0.1) is 11.3 Å². The first-order valence-electron chi connectivity index (χ1n) is 20.7. The van der Waals surface area contributed by atoms with Crippen molar-refractivity contribution in [2.45, 2.75) is 112 Å². The Balaban J connectivity index is 1.20. The number of rotatable bonds is 9. The quantitative estimate of drug-likeness (QED) is 0.273. The molecule has 0 aromatic heterocycles. The minimum absolute atomic E-state index is 0.0961. The number of aliphatic carboxylic acids is 1. The summed E-state index contributed by atoms with van der Waals surface area (Å²) in [5, 5.41) is 10.3. The highest BCUT2D eigenvalue weighted by molar-refractivity contribution is 6.30. The molecule has 9 unspecified atom stereocenters. The van der Waals surface area contributed by atoms with E-state index in [1.807, 2.05) is 24.3 Å². The average Bonchev–Trinajstić information content (AvgIpc) is 3.44. The number of hydrogen-bond donors (Lipinski definition) is 1. The predicted molar refractivity (Wildman–Crippen MR) is 212 cm³/mol. The molecule has 1 amide bonds. The molecule has 0 saturated heterocycles. The minimum atomic E-state index is -0.745. The number of halogens is 1. The number of carbonyl (C=O) groups excluding carboxylic acids is 2. The highest BCUT2D eigenvalue weighted by Crippen LogP contribution is 2.72. The molecular weight excluding hydrogens is 680 g/mol. The zero-order valence-electron chi connectivity index (χ0n) is 33.3. The van der Waals surface area contributed by atoms with E-state index in [1.54, 1.807) is 0 Å². The molecular formula is C46H63ClN2O4. The van der Waals surface area contributed by atoms with Crippen LogP contribution >= 0.6 is 11.6 Å². The summed E-state index contributed by atoms with van der Waals surface area (Å²) in [6, 6.07) is 7.84. The van der Waals surface area contributed by atoms with Gasteiger partial charge in [-0.15, -0.1) is 0 Å². The van der Waals surface area contributed by atoms with Crippen molar-refractivity contribution in [3.8, 4) is 0 Å². The minimum Gasteiger partial charge on any atom is -0.481 e. The topological polar surface area (TPSA) is 77.9 Å². The number of Topliss-reactive ketones (excluding diaryl/α,β-unsaturated/α-hetero) is 1. The molecule has 3 saturated carbocycles. The largest absolute Gasteiger partial charge is 0.481 e. The molecule has 9 atom stereocenters. The van der Waals surface area contributed by atoms with Crippen molar-refractivity contribution in [3.63, 3.8) is 0 Å². The van der Waals surface area contributed by atoms with Gasteiger partial charge in [0.15, 0.2) is 5.78 Å². The SMILES string of the molecule is CC(C)C1=C2C3CCC4C5(C)CC=C(C6=CCC(C(=O)O)CC6)C(C)C5CCC4(C)C3CCC2(C(=O)N(CCN(C)C)Cc2ccc(Cl)cc2)CC1=O. The Morgan fingerprint density at radius 1 is 0.943 bits per heavy atom. The van der Waals surface area contributed by atoms with Crippen LogP contribution in [-0.4, -0.2) is 59.8 Å². The second-order valence-corrected chi connectivity index (χ2v) is 19.5. The number of ketones is 1. The van der Waals surface area contributed by atoms with Crippen LogP contribution in [0.2, 0.25) is 5.02 Å². The summed E-state index contributed by atoms with van der Waals surface area (Å²) in [7, 11) is 4.11. The van der Waals surface area contributed by atoms with E-state index in [0.717, 1.165) is 62.6 Å². The van der Waals surface area contributed by atoms with E-state index in [9.17, 15) is 14.7 Å². The second kappa shape index (κ2) is 14.4. The van der Waals surface area contributed by atoms with Gasteiger partial charge in [-0.2, -0.15) is 0 Å². The molecule has 0 aliphatic heterocycles. The van der Waals surface area contributed by atoms with Gasteiger partial charge in [-0.3, -0.25) is 14.4 Å². The Kier molecular flexibility index (Phi) is 10.5. The van der Waals surface area contributed by atoms with Gasteiger partial charge in [0.2, 0.25) is 5.91 Å². The van der Waals surface area contributed by atoms with Crippen LogP contribution in [0.25, 0.3) is 0 Å². The van der Waals surface area contributed by atoms with Crippen LogP contribution in [0, 0.1) is 57.7 Å². The van der Waals surface area contributed by atoms with Gasteiger partial charge in [0.25, 0.3) is 0 Å². The first kappa shape index (κ1) is 38.6. The number of likely N-dealkylation sites (N-methyl/N-ethyl adjacent to an activating group) is 1. The van der Waals surface area contributed by atoms with Crippen LogP contribution in [0.3, 0.4) is 0 Å². The number of hydrogen-bond acceptors (Lipinski definition) is 4. The summed E-state index contributed by atoms with van der Waals surface area (Å²) in [5.41, 5.74) is 5.77. The van der Waals surface area contributed by atoms with E-state index in [4.69, 9.17) is 11.6 Å². The zero-order chi connectivity index (χ0) is 38.0. The molecule has 1 N–H and O–H groups in total. The lowest BCUT2D eigenvalue weighted by molar-refractivity contribution is -0.158. The maximum Gasteiger partial charge on any atom is 0.306 e. The number of carbonyl (C=O) groups is 3. The van der Waals surface area contributed by atoms with Crippen LogP contribution < -0.4 is 0 Å². The highest BCUT2D eigenvalue weighted by Gasteiger charge is 2.66. The van der Waals surface area contributed by atoms with E-state index in [1.165, 1.54) is 29.6 Å². The van der Waals surface area contributed by atoms with Gasteiger partial charge < -0.3 is 14.9 Å². The lowest BCUT2D eigenvalue weighted by Gasteiger charge is -2.66. The Labute approximate surface area is 323 Å². The summed E-state index contributed by atoms with van der Waals surface area (Å²) in [6.45, 7) is 13.9. The molecule has 7 rings (SSSR count). The van der Waals surface area contributed by atoms with Crippen molar-refractivity contribution < 1.29 is 19.5 Å². The smallest absolute Gasteiger partial charge is 0.306 e. The van der Waals surface area contributed by atoms with E-state index in [2.05, 4.69) is 70.7 Å². The highest BCUT2D eigenvalue weighted by atomic mass is 35.5. The fraction of sp³-hybridized carbons (Fsp3) is 0.674. The van der Waals surface area contributed by atoms with Crippen molar-refractivity contribution in [2.75, 3.05) is 27.2 Å². The second-order valence-electron chi connectivity index (χ2n) is 19.1. The molecule has 7 heteroatoms. The molecule has 6 nitrogen and oxygen atoms in total. The fourth-order valence-electron chi connectivity index (χ4n) is 13.2. The Morgan fingerprint density at radius 3 is 2.30 bits per heavy atom. The Morgan fingerprint density at radius 2 is 1.66 bits per heavy atom. The number of nitrogens with zero attached hydrogens (tertiary/aromatic N) is 2. The lowest BCUT2D eigenvalue weighted by atomic mass is 9.38. The number of benzene rings is 1. The van der Waals surface area contributed by atoms with Gasteiger partial charge in [-0.05, 0) is 165 Å². The van der Waals surface area contributed by atoms with E-state index >= 15 is 4.79 Å². The molecule has 0 heterocycles. The normalized spacial score (nSPS) is 36.7. The summed E-state index contributed by atoms with van der Waals surface area (Å²) in [4.78, 5) is 45.3. The molecule has 3 fully saturated rings. The molecule has 1 aromatic carbocycles. The van der Waals surface area contributed by atoms with Crippen molar-refractivity contribution in [1.29, 1.82) is 0 Å². The number of allylic oxidation sites excluding steroid dienone is 5. The maximum atomic E-state index is 15.3. The fourth-order valence-corrected chi connectivity index (χ4v) is 13.4. The Bertz CT molecular complexity index is 1720. The first-order valence-corrected chi connectivity index (χ1v) is 21.1. The summed E-state index contributed by atoms with van der Waals surface area (Å²) in [5.74, 6) is 1.95. The third-order valence-corrected chi connectivity index (χ3v) is 16.0. The van der Waals surface area contributed by atoms with E-state index < -0.39 is 11.4 Å². The number of carboxylic acid groups (broad SMARTS) is 1. The lowest BCUT2D eigenvalue weighted by Crippen LogP contribution is -2.60. The summed E-state index contributed by atoms with van der Waals surface area (Å²) < 4.78 is 0. The Hall–Kier alpha value is -2.70. The third-order valence-electron chi connectivity index (χ3n) is 15.7. The average molecular weight is 743 g/mol. The van der Waals surface area contributed by atoms with Gasteiger partial charge in [-0.25, -0.2) is 0 Å². The van der Waals surface area contributed by atoms with Crippen LogP contribution in [0.5, 0.6) is 0 Å². The van der Waals surface area contributed by atoms with Gasteiger partial charge in [-0.1, -0.05) is 70.5 Å². The molecule has 6 aliphatic rings. The summed E-state index contributed by atoms with van der Waals surface area (Å²) in [6.07, 6.45) is 14.8.